The van der Waals surface area contributed by atoms with Crippen molar-refractivity contribution in [2.75, 3.05) is 11.5 Å². The number of carbonyl (C=O) groups is 1. The average Bonchev–Trinajstić information content (AvgIpc) is 2.97. The van der Waals surface area contributed by atoms with Gasteiger partial charge in [-0.3, -0.25) is 4.79 Å². The third-order valence-electron chi connectivity index (χ3n) is 3.83. The molecule has 1 saturated carbocycles. The summed E-state index contributed by atoms with van der Waals surface area (Å²) >= 11 is 1.45. The van der Waals surface area contributed by atoms with Crippen LogP contribution >= 0.6 is 11.3 Å². The fraction of sp³-hybridized carbons (Fsp3) is 0.615. The van der Waals surface area contributed by atoms with E-state index in [0.29, 0.717) is 6.42 Å². The summed E-state index contributed by atoms with van der Waals surface area (Å²) in [6.45, 7) is 1.93. The van der Waals surface area contributed by atoms with Crippen molar-refractivity contribution in [1.82, 2.24) is 4.90 Å². The molecule has 1 aliphatic carbocycles. The Balaban J connectivity index is 1.86. The molecule has 1 aromatic rings. The molecule has 104 valence electrons. The minimum Gasteiger partial charge on any atom is -0.331 e. The number of aryl methyl sites for hydroxylation is 1. The van der Waals surface area contributed by atoms with E-state index in [0.717, 1.165) is 23.3 Å². The summed E-state index contributed by atoms with van der Waals surface area (Å²) in [4.78, 5) is 15.3. The Hall–Kier alpha value is -0.880. The van der Waals surface area contributed by atoms with Gasteiger partial charge < -0.3 is 4.90 Å². The summed E-state index contributed by atoms with van der Waals surface area (Å²) in [6, 6.07) is 2.08. The minimum absolute atomic E-state index is 0.0251. The van der Waals surface area contributed by atoms with Gasteiger partial charge in [-0.25, -0.2) is 8.42 Å². The standard InChI is InChI=1S/C13H17NO3S2/c1-9-4-6-18-12(9)13(15)14(10-2-3-10)11-5-7-19(16,17)8-11/h4,6,10-11H,2-3,5,7-8H2,1H3. The smallest absolute Gasteiger partial charge is 0.264 e. The highest BCUT2D eigenvalue weighted by atomic mass is 32.2. The quantitative estimate of drug-likeness (QED) is 0.856. The number of hydrogen-bond donors (Lipinski definition) is 0. The Labute approximate surface area is 117 Å². The predicted octanol–water partition coefficient (Wildman–Crippen LogP) is 1.85. The van der Waals surface area contributed by atoms with E-state index in [2.05, 4.69) is 0 Å². The largest absolute Gasteiger partial charge is 0.331 e. The van der Waals surface area contributed by atoms with Crippen LogP contribution in [0.25, 0.3) is 0 Å². The van der Waals surface area contributed by atoms with Crippen molar-refractivity contribution in [2.45, 2.75) is 38.3 Å². The van der Waals surface area contributed by atoms with E-state index in [4.69, 9.17) is 0 Å². The maximum Gasteiger partial charge on any atom is 0.264 e. The van der Waals surface area contributed by atoms with Crippen molar-refractivity contribution in [3.05, 3.63) is 21.9 Å². The minimum atomic E-state index is -2.95. The van der Waals surface area contributed by atoms with Gasteiger partial charge in [-0.05, 0) is 43.2 Å². The van der Waals surface area contributed by atoms with Crippen LogP contribution in [0.2, 0.25) is 0 Å². The second kappa shape index (κ2) is 4.59. The Kier molecular flexibility index (Phi) is 3.17. The maximum absolute atomic E-state index is 12.6. The molecule has 3 rings (SSSR count). The molecule has 6 heteroatoms. The molecule has 0 N–H and O–H groups in total. The first kappa shape index (κ1) is 13.1. The van der Waals surface area contributed by atoms with Crippen LogP contribution in [-0.4, -0.2) is 42.8 Å². The zero-order valence-corrected chi connectivity index (χ0v) is 12.5. The van der Waals surface area contributed by atoms with Gasteiger partial charge in [-0.2, -0.15) is 0 Å². The second-order valence-electron chi connectivity index (χ2n) is 5.43. The molecule has 1 saturated heterocycles. The summed E-state index contributed by atoms with van der Waals surface area (Å²) in [5.41, 5.74) is 0.988. The molecule has 2 heterocycles. The van der Waals surface area contributed by atoms with Gasteiger partial charge >= 0.3 is 0 Å². The first-order valence-electron chi connectivity index (χ1n) is 6.55. The van der Waals surface area contributed by atoms with Crippen LogP contribution in [0.4, 0.5) is 0 Å². The molecule has 19 heavy (non-hydrogen) atoms. The molecule has 0 aromatic carbocycles. The Morgan fingerprint density at radius 3 is 2.53 bits per heavy atom. The third kappa shape index (κ3) is 2.56. The first-order chi connectivity index (χ1) is 8.98. The van der Waals surface area contributed by atoms with Gasteiger partial charge in [0.05, 0.1) is 16.4 Å². The van der Waals surface area contributed by atoms with E-state index < -0.39 is 9.84 Å². The van der Waals surface area contributed by atoms with Crippen molar-refractivity contribution >= 4 is 27.1 Å². The normalized spacial score (nSPS) is 25.4. The highest BCUT2D eigenvalue weighted by molar-refractivity contribution is 7.91. The van der Waals surface area contributed by atoms with Crippen LogP contribution in [0.5, 0.6) is 0 Å². The fourth-order valence-electron chi connectivity index (χ4n) is 2.69. The fourth-order valence-corrected chi connectivity index (χ4v) is 5.27. The maximum atomic E-state index is 12.6. The van der Waals surface area contributed by atoms with E-state index in [-0.39, 0.29) is 29.5 Å². The van der Waals surface area contributed by atoms with Gasteiger partial charge in [0.2, 0.25) is 0 Å². The molecular weight excluding hydrogens is 282 g/mol. The van der Waals surface area contributed by atoms with Crippen LogP contribution in [0.1, 0.15) is 34.5 Å². The molecular formula is C13H17NO3S2. The summed E-state index contributed by atoms with van der Waals surface area (Å²) in [5, 5.41) is 1.92. The van der Waals surface area contributed by atoms with Gasteiger partial charge in [0.1, 0.15) is 0 Å². The zero-order valence-electron chi connectivity index (χ0n) is 10.8. The molecule has 4 nitrogen and oxygen atoms in total. The summed E-state index contributed by atoms with van der Waals surface area (Å²) in [5.74, 6) is 0.383. The van der Waals surface area contributed by atoms with E-state index in [9.17, 15) is 13.2 Å². The lowest BCUT2D eigenvalue weighted by atomic mass is 10.2. The molecule has 2 fully saturated rings. The first-order valence-corrected chi connectivity index (χ1v) is 9.25. The summed E-state index contributed by atoms with van der Waals surface area (Å²) in [6.07, 6.45) is 2.61. The van der Waals surface area contributed by atoms with E-state index in [1.807, 2.05) is 23.3 Å². The SMILES string of the molecule is Cc1ccsc1C(=O)N(C1CC1)C1CCS(=O)(=O)C1. The number of thiophene rings is 1. The molecule has 2 aliphatic rings. The molecule has 0 radical (unpaired) electrons. The van der Waals surface area contributed by atoms with Crippen LogP contribution < -0.4 is 0 Å². The zero-order chi connectivity index (χ0) is 13.6. The Morgan fingerprint density at radius 2 is 2.05 bits per heavy atom. The van der Waals surface area contributed by atoms with Crippen molar-refractivity contribution in [3.63, 3.8) is 0 Å². The van der Waals surface area contributed by atoms with Crippen LogP contribution in [0.15, 0.2) is 11.4 Å². The van der Waals surface area contributed by atoms with E-state index in [1.165, 1.54) is 11.3 Å². The predicted molar refractivity (Wildman–Crippen MR) is 75.3 cm³/mol. The van der Waals surface area contributed by atoms with Gasteiger partial charge in [-0.1, -0.05) is 0 Å². The lowest BCUT2D eigenvalue weighted by molar-refractivity contribution is 0.0685. The van der Waals surface area contributed by atoms with Crippen molar-refractivity contribution in [1.29, 1.82) is 0 Å². The van der Waals surface area contributed by atoms with E-state index >= 15 is 0 Å². The monoisotopic (exact) mass is 299 g/mol. The highest BCUT2D eigenvalue weighted by Gasteiger charge is 2.42. The Bertz CT molecular complexity index is 601. The molecule has 0 spiro atoms. The topological polar surface area (TPSA) is 54.5 Å². The van der Waals surface area contributed by atoms with Gasteiger partial charge in [-0.15, -0.1) is 11.3 Å². The summed E-state index contributed by atoms with van der Waals surface area (Å²) in [7, 11) is -2.95. The van der Waals surface area contributed by atoms with Crippen molar-refractivity contribution in [3.8, 4) is 0 Å². The van der Waals surface area contributed by atoms with Crippen LogP contribution in [-0.2, 0) is 9.84 Å². The van der Waals surface area contributed by atoms with Crippen LogP contribution in [0, 0.1) is 6.92 Å². The number of amides is 1. The molecule has 1 aromatic heterocycles. The average molecular weight is 299 g/mol. The Morgan fingerprint density at radius 1 is 1.32 bits per heavy atom. The number of rotatable bonds is 3. The lowest BCUT2D eigenvalue weighted by Crippen LogP contribution is -2.42. The number of hydrogen-bond acceptors (Lipinski definition) is 4. The van der Waals surface area contributed by atoms with Gasteiger partial charge in [0.15, 0.2) is 9.84 Å². The molecule has 1 atom stereocenters. The van der Waals surface area contributed by atoms with Crippen LogP contribution in [0.3, 0.4) is 0 Å². The molecule has 1 aliphatic heterocycles. The molecule has 1 amide bonds. The molecule has 0 bridgehead atoms. The number of carbonyl (C=O) groups excluding carboxylic acids is 1. The lowest BCUT2D eigenvalue weighted by Gasteiger charge is -2.28. The van der Waals surface area contributed by atoms with E-state index in [1.54, 1.807) is 0 Å². The number of nitrogens with zero attached hydrogens (tertiary/aromatic N) is 1. The van der Waals surface area contributed by atoms with Gasteiger partial charge in [0.25, 0.3) is 5.91 Å². The third-order valence-corrected chi connectivity index (χ3v) is 6.59. The van der Waals surface area contributed by atoms with Gasteiger partial charge in [0, 0.05) is 12.1 Å². The van der Waals surface area contributed by atoms with Crippen molar-refractivity contribution < 1.29 is 13.2 Å². The highest BCUT2D eigenvalue weighted by Crippen LogP contribution is 2.34. The summed E-state index contributed by atoms with van der Waals surface area (Å²) < 4.78 is 23.3. The number of sulfone groups is 1. The molecule has 1 unspecified atom stereocenters. The second-order valence-corrected chi connectivity index (χ2v) is 8.58. The van der Waals surface area contributed by atoms with Crippen molar-refractivity contribution in [2.24, 2.45) is 0 Å².